The van der Waals surface area contributed by atoms with Crippen molar-refractivity contribution >= 4 is 5.91 Å². The monoisotopic (exact) mass is 186 g/mol. The van der Waals surface area contributed by atoms with Gasteiger partial charge in [0.25, 0.3) is 0 Å². The number of rotatable bonds is 6. The van der Waals surface area contributed by atoms with Gasteiger partial charge in [-0.2, -0.15) is 0 Å². The fourth-order valence-corrected chi connectivity index (χ4v) is 0.869. The number of carbonyl (C=O) groups is 1. The maximum absolute atomic E-state index is 11.1. The van der Waals surface area contributed by atoms with E-state index in [1.807, 2.05) is 13.8 Å². The van der Waals surface area contributed by atoms with E-state index in [2.05, 4.69) is 24.5 Å². The van der Waals surface area contributed by atoms with E-state index in [1.54, 1.807) is 0 Å². The molecule has 0 radical (unpaired) electrons. The number of amides is 1. The minimum absolute atomic E-state index is 0.0881. The lowest BCUT2D eigenvalue weighted by molar-refractivity contribution is -0.123. The Kier molecular flexibility index (Phi) is 6.59. The van der Waals surface area contributed by atoms with E-state index in [4.69, 9.17) is 0 Å². The molecule has 13 heavy (non-hydrogen) atoms. The van der Waals surface area contributed by atoms with Gasteiger partial charge in [0.15, 0.2) is 0 Å². The molecule has 0 aromatic rings. The summed E-state index contributed by atoms with van der Waals surface area (Å²) >= 11 is 0. The molecule has 0 heterocycles. The van der Waals surface area contributed by atoms with E-state index < -0.39 is 0 Å². The molecule has 0 aliphatic heterocycles. The van der Waals surface area contributed by atoms with Crippen LogP contribution in [0.1, 0.15) is 27.7 Å². The van der Waals surface area contributed by atoms with Crippen molar-refractivity contribution in [2.24, 2.45) is 11.8 Å². The highest BCUT2D eigenvalue weighted by Crippen LogP contribution is 1.89. The highest BCUT2D eigenvalue weighted by atomic mass is 16.1. The molecule has 3 nitrogen and oxygen atoms in total. The van der Waals surface area contributed by atoms with Crippen LogP contribution in [0.2, 0.25) is 0 Å². The van der Waals surface area contributed by atoms with Gasteiger partial charge in [-0.15, -0.1) is 0 Å². The third-order valence-corrected chi connectivity index (χ3v) is 1.68. The van der Waals surface area contributed by atoms with Crippen LogP contribution < -0.4 is 10.6 Å². The van der Waals surface area contributed by atoms with Crippen molar-refractivity contribution in [2.45, 2.75) is 27.7 Å². The third kappa shape index (κ3) is 7.78. The first-order valence-electron chi connectivity index (χ1n) is 5.02. The standard InChI is InChI=1S/C10H22N2O/c1-8(2)7-11-5-6-12-10(13)9(3)4/h8-9,11H,5-7H2,1-4H3,(H,12,13). The van der Waals surface area contributed by atoms with Gasteiger partial charge in [0, 0.05) is 19.0 Å². The SMILES string of the molecule is CC(C)CNCCNC(=O)C(C)C. The molecule has 0 rings (SSSR count). The van der Waals surface area contributed by atoms with Crippen LogP contribution in [-0.4, -0.2) is 25.5 Å². The summed E-state index contributed by atoms with van der Waals surface area (Å²) in [5, 5.41) is 6.12. The molecule has 0 fully saturated rings. The van der Waals surface area contributed by atoms with Crippen molar-refractivity contribution in [2.75, 3.05) is 19.6 Å². The summed E-state index contributed by atoms with van der Waals surface area (Å²) in [5.74, 6) is 0.886. The van der Waals surface area contributed by atoms with Crippen LogP contribution in [0, 0.1) is 11.8 Å². The molecule has 0 saturated carbocycles. The summed E-state index contributed by atoms with van der Waals surface area (Å²) in [6.07, 6.45) is 0. The Balaban J connectivity index is 3.21. The van der Waals surface area contributed by atoms with Crippen molar-refractivity contribution in [3.05, 3.63) is 0 Å². The Hall–Kier alpha value is -0.570. The van der Waals surface area contributed by atoms with Crippen molar-refractivity contribution in [3.8, 4) is 0 Å². The zero-order valence-corrected chi connectivity index (χ0v) is 9.18. The maximum Gasteiger partial charge on any atom is 0.222 e. The molecule has 0 atom stereocenters. The first-order chi connectivity index (χ1) is 6.04. The zero-order chi connectivity index (χ0) is 10.3. The average molecular weight is 186 g/mol. The second-order valence-electron chi connectivity index (χ2n) is 4.04. The second-order valence-corrected chi connectivity index (χ2v) is 4.04. The van der Waals surface area contributed by atoms with Gasteiger partial charge >= 0.3 is 0 Å². The van der Waals surface area contributed by atoms with Crippen molar-refractivity contribution in [1.29, 1.82) is 0 Å². The molecule has 3 heteroatoms. The largest absolute Gasteiger partial charge is 0.355 e. The smallest absolute Gasteiger partial charge is 0.222 e. The molecule has 0 aliphatic carbocycles. The number of nitrogens with one attached hydrogen (secondary N) is 2. The summed E-state index contributed by atoms with van der Waals surface area (Å²) in [6.45, 7) is 10.7. The molecule has 0 aromatic heterocycles. The Bertz CT molecular complexity index is 144. The predicted octanol–water partition coefficient (Wildman–Crippen LogP) is 1.00. The van der Waals surface area contributed by atoms with Crippen LogP contribution in [0.25, 0.3) is 0 Å². The highest BCUT2D eigenvalue weighted by Gasteiger charge is 2.04. The Labute approximate surface area is 81.3 Å². The first kappa shape index (κ1) is 12.4. The van der Waals surface area contributed by atoms with Gasteiger partial charge in [-0.3, -0.25) is 4.79 Å². The lowest BCUT2D eigenvalue weighted by Crippen LogP contribution is -2.35. The van der Waals surface area contributed by atoms with Crippen LogP contribution in [-0.2, 0) is 4.79 Å². The maximum atomic E-state index is 11.1. The lowest BCUT2D eigenvalue weighted by atomic mass is 10.2. The van der Waals surface area contributed by atoms with Crippen LogP contribution in [0.15, 0.2) is 0 Å². The molecule has 2 N–H and O–H groups in total. The van der Waals surface area contributed by atoms with Crippen LogP contribution in [0.5, 0.6) is 0 Å². The molecular formula is C10H22N2O. The number of carbonyl (C=O) groups excluding carboxylic acids is 1. The summed E-state index contributed by atoms with van der Waals surface area (Å²) in [6, 6.07) is 0. The molecular weight excluding hydrogens is 164 g/mol. The van der Waals surface area contributed by atoms with E-state index in [0.717, 1.165) is 19.6 Å². The minimum atomic E-state index is 0.0881. The lowest BCUT2D eigenvalue weighted by Gasteiger charge is -2.09. The highest BCUT2D eigenvalue weighted by molar-refractivity contribution is 5.77. The summed E-state index contributed by atoms with van der Waals surface area (Å²) in [4.78, 5) is 11.1. The van der Waals surface area contributed by atoms with E-state index in [0.29, 0.717) is 5.92 Å². The van der Waals surface area contributed by atoms with Gasteiger partial charge in [0.2, 0.25) is 5.91 Å². The molecule has 0 spiro atoms. The summed E-state index contributed by atoms with van der Waals surface area (Å²) < 4.78 is 0. The molecule has 0 aliphatic rings. The van der Waals surface area contributed by atoms with Gasteiger partial charge in [-0.1, -0.05) is 27.7 Å². The Morgan fingerprint density at radius 1 is 1.15 bits per heavy atom. The van der Waals surface area contributed by atoms with Gasteiger partial charge in [0.05, 0.1) is 0 Å². The molecule has 1 amide bonds. The van der Waals surface area contributed by atoms with Gasteiger partial charge in [-0.25, -0.2) is 0 Å². The molecule has 0 bridgehead atoms. The number of hydrogen-bond acceptors (Lipinski definition) is 2. The molecule has 78 valence electrons. The molecule has 0 unspecified atom stereocenters. The Morgan fingerprint density at radius 2 is 1.77 bits per heavy atom. The topological polar surface area (TPSA) is 41.1 Å². The fourth-order valence-electron chi connectivity index (χ4n) is 0.869. The molecule has 0 aromatic carbocycles. The Morgan fingerprint density at radius 3 is 2.23 bits per heavy atom. The third-order valence-electron chi connectivity index (χ3n) is 1.68. The molecule has 0 saturated heterocycles. The van der Waals surface area contributed by atoms with E-state index in [-0.39, 0.29) is 11.8 Å². The van der Waals surface area contributed by atoms with Gasteiger partial charge in [-0.05, 0) is 12.5 Å². The second kappa shape index (κ2) is 6.89. The normalized spacial score (nSPS) is 10.9. The summed E-state index contributed by atoms with van der Waals surface area (Å²) in [5.41, 5.74) is 0. The number of hydrogen-bond donors (Lipinski definition) is 2. The van der Waals surface area contributed by atoms with E-state index in [1.165, 1.54) is 0 Å². The van der Waals surface area contributed by atoms with Crippen molar-refractivity contribution < 1.29 is 4.79 Å². The summed E-state index contributed by atoms with van der Waals surface area (Å²) in [7, 11) is 0. The van der Waals surface area contributed by atoms with E-state index in [9.17, 15) is 4.79 Å². The van der Waals surface area contributed by atoms with Gasteiger partial charge in [0.1, 0.15) is 0 Å². The van der Waals surface area contributed by atoms with Crippen LogP contribution >= 0.6 is 0 Å². The van der Waals surface area contributed by atoms with Gasteiger partial charge < -0.3 is 10.6 Å². The minimum Gasteiger partial charge on any atom is -0.355 e. The average Bonchev–Trinajstić information content (AvgIpc) is 2.02. The van der Waals surface area contributed by atoms with Crippen LogP contribution in [0.4, 0.5) is 0 Å². The zero-order valence-electron chi connectivity index (χ0n) is 9.18. The first-order valence-corrected chi connectivity index (χ1v) is 5.02. The van der Waals surface area contributed by atoms with Crippen LogP contribution in [0.3, 0.4) is 0 Å². The predicted molar refractivity (Wildman–Crippen MR) is 55.6 cm³/mol. The van der Waals surface area contributed by atoms with Crippen molar-refractivity contribution in [1.82, 2.24) is 10.6 Å². The van der Waals surface area contributed by atoms with E-state index >= 15 is 0 Å². The fraction of sp³-hybridized carbons (Fsp3) is 0.900. The van der Waals surface area contributed by atoms with Crippen molar-refractivity contribution in [3.63, 3.8) is 0 Å². The quantitative estimate of drug-likeness (QED) is 0.608.